The van der Waals surface area contributed by atoms with E-state index in [2.05, 4.69) is 37.2 Å². The van der Waals surface area contributed by atoms with Crippen molar-refractivity contribution < 1.29 is 27.1 Å². The molecule has 0 heterocycles. The average molecular weight is 600 g/mol. The van der Waals surface area contributed by atoms with Gasteiger partial charge in [0.25, 0.3) is 0 Å². The molecule has 0 fully saturated rings. The second-order valence-corrected chi connectivity index (χ2v) is 9.91. The standard InChI is InChI=1S/C14H18BrF2NO2.C9H10BrF2N/c1-14(2,3)20-13(19)18-8-9-4-5-11(15)6-10(9)7-12(16)17;10-8-2-1-6(5-13)7(3-8)4-9(11)12/h4-6,12H,7-8H2,1-3H3,(H,18,19);1-3,9H,4-5,13H2. The van der Waals surface area contributed by atoms with Crippen LogP contribution in [-0.4, -0.2) is 24.5 Å². The number of hydrogen-bond acceptors (Lipinski definition) is 3. The molecule has 0 radical (unpaired) electrons. The minimum Gasteiger partial charge on any atom is -0.444 e. The summed E-state index contributed by atoms with van der Waals surface area (Å²) in [6, 6.07) is 10.4. The molecule has 0 saturated heterocycles. The highest BCUT2D eigenvalue weighted by molar-refractivity contribution is 9.10. The molecule has 2 aromatic carbocycles. The molecular weight excluding hydrogens is 572 g/mol. The van der Waals surface area contributed by atoms with Crippen molar-refractivity contribution in [2.75, 3.05) is 0 Å². The third-order valence-corrected chi connectivity index (χ3v) is 5.11. The Morgan fingerprint density at radius 2 is 1.36 bits per heavy atom. The SMILES string of the molecule is CC(C)(C)OC(=O)NCc1ccc(Br)cc1CC(F)F.NCc1ccc(Br)cc1CC(F)F. The average Bonchev–Trinajstić information content (AvgIpc) is 2.66. The molecule has 3 N–H and O–H groups in total. The summed E-state index contributed by atoms with van der Waals surface area (Å²) in [6.45, 7) is 5.73. The lowest BCUT2D eigenvalue weighted by molar-refractivity contribution is 0.0523. The van der Waals surface area contributed by atoms with E-state index in [4.69, 9.17) is 10.5 Å². The van der Waals surface area contributed by atoms with Gasteiger partial charge in [0.05, 0.1) is 0 Å². The first-order valence-corrected chi connectivity index (χ1v) is 11.7. The van der Waals surface area contributed by atoms with Gasteiger partial charge in [-0.15, -0.1) is 0 Å². The number of ether oxygens (including phenoxy) is 1. The van der Waals surface area contributed by atoms with Crippen molar-refractivity contribution in [2.45, 2.75) is 65.2 Å². The van der Waals surface area contributed by atoms with E-state index in [1.165, 1.54) is 0 Å². The topological polar surface area (TPSA) is 64.3 Å². The van der Waals surface area contributed by atoms with Gasteiger partial charge in [0.1, 0.15) is 5.60 Å². The summed E-state index contributed by atoms with van der Waals surface area (Å²) in [4.78, 5) is 11.5. The minimum atomic E-state index is -2.43. The Balaban J connectivity index is 0.000000361. The van der Waals surface area contributed by atoms with Gasteiger partial charge in [0.15, 0.2) is 0 Å². The van der Waals surface area contributed by atoms with E-state index in [0.717, 1.165) is 14.5 Å². The van der Waals surface area contributed by atoms with Crippen LogP contribution in [0.5, 0.6) is 0 Å². The monoisotopic (exact) mass is 598 g/mol. The van der Waals surface area contributed by atoms with Gasteiger partial charge >= 0.3 is 6.09 Å². The van der Waals surface area contributed by atoms with Crippen LogP contribution in [0.4, 0.5) is 22.4 Å². The van der Waals surface area contributed by atoms with Crippen molar-refractivity contribution in [1.82, 2.24) is 5.32 Å². The Labute approximate surface area is 208 Å². The maximum Gasteiger partial charge on any atom is 0.407 e. The molecular formula is C23H28Br2F4N2O2. The number of halogens is 6. The molecule has 0 bridgehead atoms. The van der Waals surface area contributed by atoms with Gasteiger partial charge < -0.3 is 15.8 Å². The van der Waals surface area contributed by atoms with Crippen LogP contribution in [0, 0.1) is 0 Å². The molecule has 184 valence electrons. The first-order chi connectivity index (χ1) is 15.3. The molecule has 0 aliphatic rings. The van der Waals surface area contributed by atoms with Crippen molar-refractivity contribution in [3.63, 3.8) is 0 Å². The second kappa shape index (κ2) is 13.9. The number of rotatable bonds is 7. The molecule has 33 heavy (non-hydrogen) atoms. The highest BCUT2D eigenvalue weighted by Gasteiger charge is 2.17. The smallest absolute Gasteiger partial charge is 0.407 e. The molecule has 2 aromatic rings. The zero-order chi connectivity index (χ0) is 25.2. The van der Waals surface area contributed by atoms with Crippen molar-refractivity contribution in [3.8, 4) is 0 Å². The number of alkyl halides is 4. The summed E-state index contributed by atoms with van der Waals surface area (Å²) in [6.07, 6.45) is -5.89. The molecule has 10 heteroatoms. The van der Waals surface area contributed by atoms with Crippen molar-refractivity contribution in [3.05, 3.63) is 67.6 Å². The zero-order valence-corrected chi connectivity index (χ0v) is 21.8. The lowest BCUT2D eigenvalue weighted by Crippen LogP contribution is -2.32. The van der Waals surface area contributed by atoms with E-state index in [1.807, 2.05) is 0 Å². The van der Waals surface area contributed by atoms with Crippen molar-refractivity contribution in [2.24, 2.45) is 5.73 Å². The first-order valence-electron chi connectivity index (χ1n) is 10.1. The number of alkyl carbamates (subject to hydrolysis) is 1. The predicted octanol–water partition coefficient (Wildman–Crippen LogP) is 7.00. The predicted molar refractivity (Wildman–Crippen MR) is 129 cm³/mol. The summed E-state index contributed by atoms with van der Waals surface area (Å²) in [7, 11) is 0. The van der Waals surface area contributed by atoms with Crippen LogP contribution in [0.15, 0.2) is 45.3 Å². The minimum absolute atomic E-state index is 0.157. The van der Waals surface area contributed by atoms with E-state index in [-0.39, 0.29) is 19.4 Å². The molecule has 1 amide bonds. The van der Waals surface area contributed by atoms with Crippen LogP contribution in [0.25, 0.3) is 0 Å². The molecule has 2 rings (SSSR count). The van der Waals surface area contributed by atoms with Crippen molar-refractivity contribution in [1.29, 1.82) is 0 Å². The normalized spacial score (nSPS) is 11.3. The fraction of sp³-hybridized carbons (Fsp3) is 0.435. The first kappa shape index (κ1) is 29.4. The molecule has 0 aliphatic heterocycles. The fourth-order valence-electron chi connectivity index (χ4n) is 2.75. The molecule has 4 nitrogen and oxygen atoms in total. The fourth-order valence-corrected chi connectivity index (χ4v) is 3.57. The molecule has 0 saturated carbocycles. The van der Waals surface area contributed by atoms with Crippen LogP contribution < -0.4 is 11.1 Å². The molecule has 0 aliphatic carbocycles. The van der Waals surface area contributed by atoms with E-state index >= 15 is 0 Å². The Bertz CT molecular complexity index is 907. The quantitative estimate of drug-likeness (QED) is 0.337. The number of nitrogens with two attached hydrogens (primary N) is 1. The van der Waals surface area contributed by atoms with Gasteiger partial charge in [0, 0.05) is 34.9 Å². The highest BCUT2D eigenvalue weighted by Crippen LogP contribution is 2.20. The van der Waals surface area contributed by atoms with Crippen molar-refractivity contribution >= 4 is 38.0 Å². The largest absolute Gasteiger partial charge is 0.444 e. The van der Waals surface area contributed by atoms with Crippen LogP contribution >= 0.6 is 31.9 Å². The number of amides is 1. The van der Waals surface area contributed by atoms with Crippen LogP contribution in [0.1, 0.15) is 43.0 Å². The summed E-state index contributed by atoms with van der Waals surface area (Å²) >= 11 is 6.48. The second-order valence-electron chi connectivity index (χ2n) is 8.08. The maximum atomic E-state index is 12.5. The third-order valence-electron chi connectivity index (χ3n) is 4.13. The molecule has 0 atom stereocenters. The van der Waals surface area contributed by atoms with E-state index in [1.54, 1.807) is 57.2 Å². The Kier molecular flexibility index (Phi) is 12.4. The molecule has 0 unspecified atom stereocenters. The summed E-state index contributed by atoms with van der Waals surface area (Å²) in [5.41, 5.74) is 7.38. The van der Waals surface area contributed by atoms with Crippen LogP contribution in [0.3, 0.4) is 0 Å². The molecule has 0 spiro atoms. The lowest BCUT2D eigenvalue weighted by atomic mass is 10.0. The van der Waals surface area contributed by atoms with Gasteiger partial charge in [-0.1, -0.05) is 44.0 Å². The van der Waals surface area contributed by atoms with E-state index in [0.29, 0.717) is 23.2 Å². The molecule has 0 aromatic heterocycles. The third kappa shape index (κ3) is 12.4. The summed E-state index contributed by atoms with van der Waals surface area (Å²) < 4.78 is 55.9. The van der Waals surface area contributed by atoms with E-state index < -0.39 is 24.5 Å². The Morgan fingerprint density at radius 1 is 0.909 bits per heavy atom. The number of nitrogens with one attached hydrogen (secondary N) is 1. The van der Waals surface area contributed by atoms with Crippen LogP contribution in [-0.2, 0) is 30.7 Å². The Morgan fingerprint density at radius 3 is 1.79 bits per heavy atom. The van der Waals surface area contributed by atoms with Gasteiger partial charge in [0.2, 0.25) is 12.9 Å². The van der Waals surface area contributed by atoms with E-state index in [9.17, 15) is 22.4 Å². The van der Waals surface area contributed by atoms with Gasteiger partial charge in [-0.25, -0.2) is 22.4 Å². The highest BCUT2D eigenvalue weighted by atomic mass is 79.9. The number of hydrogen-bond donors (Lipinski definition) is 2. The number of benzene rings is 2. The summed E-state index contributed by atoms with van der Waals surface area (Å²) in [5, 5.41) is 2.57. The van der Waals surface area contributed by atoms with Gasteiger partial charge in [-0.05, 0) is 67.3 Å². The Hall–Kier alpha value is -1.65. The summed E-state index contributed by atoms with van der Waals surface area (Å²) in [5.74, 6) is 0. The maximum absolute atomic E-state index is 12.5. The van der Waals surface area contributed by atoms with Crippen LogP contribution in [0.2, 0.25) is 0 Å². The number of carbonyl (C=O) groups excluding carboxylic acids is 1. The zero-order valence-electron chi connectivity index (χ0n) is 18.6. The number of carbonyl (C=O) groups is 1. The lowest BCUT2D eigenvalue weighted by Gasteiger charge is -2.20. The van der Waals surface area contributed by atoms with Gasteiger partial charge in [-0.2, -0.15) is 0 Å². The van der Waals surface area contributed by atoms with Gasteiger partial charge in [-0.3, -0.25) is 0 Å².